The van der Waals surface area contributed by atoms with Crippen LogP contribution < -0.4 is 0 Å². The van der Waals surface area contributed by atoms with Crippen LogP contribution in [0.15, 0.2) is 72.9 Å². The van der Waals surface area contributed by atoms with Crippen molar-refractivity contribution in [2.75, 3.05) is 13.2 Å². The molecular formula is C62H108O6. The van der Waals surface area contributed by atoms with Gasteiger partial charge in [-0.2, -0.15) is 0 Å². The van der Waals surface area contributed by atoms with Crippen LogP contribution in [0.3, 0.4) is 0 Å². The predicted octanol–water partition coefficient (Wildman–Crippen LogP) is 19.4. The number of allylic oxidation sites excluding steroid dienone is 12. The smallest absolute Gasteiger partial charge is 0.306 e. The van der Waals surface area contributed by atoms with Crippen molar-refractivity contribution in [1.82, 2.24) is 0 Å². The molecule has 1 unspecified atom stereocenters. The Labute approximate surface area is 421 Å². The second kappa shape index (κ2) is 56.4. The van der Waals surface area contributed by atoms with Crippen LogP contribution in [0.5, 0.6) is 0 Å². The molecule has 0 amide bonds. The van der Waals surface area contributed by atoms with Gasteiger partial charge in [-0.1, -0.05) is 248 Å². The fraction of sp³-hybridized carbons (Fsp3) is 0.758. The van der Waals surface area contributed by atoms with Gasteiger partial charge in [0.1, 0.15) is 13.2 Å². The molecule has 0 aromatic rings. The Hall–Kier alpha value is -3.15. The summed E-state index contributed by atoms with van der Waals surface area (Å²) in [6, 6.07) is 0. The second-order valence-electron chi connectivity index (χ2n) is 19.2. The molecule has 0 bridgehead atoms. The van der Waals surface area contributed by atoms with Crippen LogP contribution in [0.25, 0.3) is 0 Å². The molecule has 0 spiro atoms. The topological polar surface area (TPSA) is 78.9 Å². The minimum atomic E-state index is -0.785. The van der Waals surface area contributed by atoms with Gasteiger partial charge < -0.3 is 14.2 Å². The predicted molar refractivity (Wildman–Crippen MR) is 293 cm³/mol. The van der Waals surface area contributed by atoms with Gasteiger partial charge in [0.05, 0.1) is 0 Å². The molecule has 0 fully saturated rings. The van der Waals surface area contributed by atoms with Crippen molar-refractivity contribution in [3.8, 4) is 0 Å². The van der Waals surface area contributed by atoms with E-state index in [9.17, 15) is 14.4 Å². The molecule has 0 aliphatic rings. The third kappa shape index (κ3) is 53.8. The Balaban J connectivity index is 4.37. The number of hydrogen-bond acceptors (Lipinski definition) is 6. The van der Waals surface area contributed by atoms with E-state index in [4.69, 9.17) is 14.2 Å². The Morgan fingerprint density at radius 1 is 0.309 bits per heavy atom. The normalized spacial score (nSPS) is 12.6. The zero-order chi connectivity index (χ0) is 49.3. The van der Waals surface area contributed by atoms with Crippen LogP contribution in [0.1, 0.15) is 284 Å². The third-order valence-corrected chi connectivity index (χ3v) is 12.4. The molecule has 6 heteroatoms. The monoisotopic (exact) mass is 949 g/mol. The van der Waals surface area contributed by atoms with Crippen LogP contribution in [0.4, 0.5) is 0 Å². The Bertz CT molecular complexity index is 1270. The average molecular weight is 950 g/mol. The first-order valence-corrected chi connectivity index (χ1v) is 28.9. The molecule has 68 heavy (non-hydrogen) atoms. The van der Waals surface area contributed by atoms with E-state index < -0.39 is 6.10 Å². The molecule has 0 aliphatic heterocycles. The maximum absolute atomic E-state index is 12.8. The second-order valence-corrected chi connectivity index (χ2v) is 19.2. The summed E-state index contributed by atoms with van der Waals surface area (Å²) in [5, 5.41) is 0. The molecule has 1 atom stereocenters. The quantitative estimate of drug-likeness (QED) is 0.0262. The lowest BCUT2D eigenvalue weighted by molar-refractivity contribution is -0.167. The molecule has 0 aromatic carbocycles. The number of ether oxygens (including phenoxy) is 3. The van der Waals surface area contributed by atoms with E-state index in [0.29, 0.717) is 19.3 Å². The molecular weight excluding hydrogens is 841 g/mol. The number of unbranched alkanes of at least 4 members (excludes halogenated alkanes) is 29. The first-order valence-electron chi connectivity index (χ1n) is 28.9. The van der Waals surface area contributed by atoms with Gasteiger partial charge in [-0.15, -0.1) is 0 Å². The number of hydrogen-bond donors (Lipinski definition) is 0. The van der Waals surface area contributed by atoms with E-state index in [1.54, 1.807) is 0 Å². The van der Waals surface area contributed by atoms with Crippen LogP contribution in [-0.2, 0) is 28.6 Å². The number of carbonyl (C=O) groups is 3. The summed E-state index contributed by atoms with van der Waals surface area (Å²) in [5.41, 5.74) is 0. The summed E-state index contributed by atoms with van der Waals surface area (Å²) in [7, 11) is 0. The van der Waals surface area contributed by atoms with Crippen molar-refractivity contribution >= 4 is 17.9 Å². The average Bonchev–Trinajstić information content (AvgIpc) is 3.34. The lowest BCUT2D eigenvalue weighted by Gasteiger charge is -2.18. The van der Waals surface area contributed by atoms with Crippen molar-refractivity contribution in [3.05, 3.63) is 72.9 Å². The third-order valence-electron chi connectivity index (χ3n) is 12.4. The summed E-state index contributed by atoms with van der Waals surface area (Å²) in [6.45, 7) is 6.51. The summed E-state index contributed by atoms with van der Waals surface area (Å²) >= 11 is 0. The number of esters is 3. The highest BCUT2D eigenvalue weighted by Crippen LogP contribution is 2.15. The van der Waals surface area contributed by atoms with Gasteiger partial charge in [-0.3, -0.25) is 14.4 Å². The zero-order valence-electron chi connectivity index (χ0n) is 44.9. The van der Waals surface area contributed by atoms with Gasteiger partial charge in [0.25, 0.3) is 0 Å². The molecule has 0 heterocycles. The molecule has 0 aliphatic carbocycles. The molecule has 0 N–H and O–H groups in total. The highest BCUT2D eigenvalue weighted by Gasteiger charge is 2.19. The molecule has 0 saturated carbocycles. The maximum atomic E-state index is 12.8. The largest absolute Gasteiger partial charge is 0.462 e. The SMILES string of the molecule is CC/C=C\C/C=C\C/C=C\C/C=C\CCCCCCCCCCC(=O)OCC(COC(=O)CCCCCCCCCCCCCCC)OC(=O)CCCCCCC/C=C\C/C=C\CCCCCC. The van der Waals surface area contributed by atoms with E-state index in [2.05, 4.69) is 93.7 Å². The summed E-state index contributed by atoms with van der Waals surface area (Å²) in [5.74, 6) is -0.894. The number of rotatable bonds is 52. The van der Waals surface area contributed by atoms with Gasteiger partial charge in [-0.25, -0.2) is 0 Å². The van der Waals surface area contributed by atoms with Gasteiger partial charge >= 0.3 is 17.9 Å². The van der Waals surface area contributed by atoms with Crippen LogP contribution in [-0.4, -0.2) is 37.2 Å². The van der Waals surface area contributed by atoms with Crippen molar-refractivity contribution in [2.45, 2.75) is 290 Å². The molecule has 0 radical (unpaired) electrons. The van der Waals surface area contributed by atoms with Crippen molar-refractivity contribution in [2.24, 2.45) is 0 Å². The Morgan fingerprint density at radius 3 is 0.912 bits per heavy atom. The first kappa shape index (κ1) is 64.8. The van der Waals surface area contributed by atoms with Gasteiger partial charge in [0, 0.05) is 19.3 Å². The fourth-order valence-corrected chi connectivity index (χ4v) is 8.11. The summed E-state index contributed by atoms with van der Waals surface area (Å²) < 4.78 is 16.9. The van der Waals surface area contributed by atoms with E-state index in [1.807, 2.05) is 0 Å². The van der Waals surface area contributed by atoms with E-state index in [1.165, 1.54) is 128 Å². The molecule has 0 saturated heterocycles. The van der Waals surface area contributed by atoms with Crippen LogP contribution >= 0.6 is 0 Å². The van der Waals surface area contributed by atoms with Crippen molar-refractivity contribution in [3.63, 3.8) is 0 Å². The molecule has 0 rings (SSSR count). The number of carbonyl (C=O) groups excluding carboxylic acids is 3. The highest BCUT2D eigenvalue weighted by atomic mass is 16.6. The Kier molecular flexibility index (Phi) is 53.8. The van der Waals surface area contributed by atoms with Crippen molar-refractivity contribution in [1.29, 1.82) is 0 Å². The van der Waals surface area contributed by atoms with Gasteiger partial charge in [0.15, 0.2) is 6.10 Å². The van der Waals surface area contributed by atoms with Gasteiger partial charge in [-0.05, 0) is 89.9 Å². The Morgan fingerprint density at radius 2 is 0.574 bits per heavy atom. The standard InChI is InChI=1S/C62H108O6/c1-4-7-10-13-16-19-22-25-27-29-30-31-32-33-35-37-40-43-46-49-52-55-61(64)67-58-59(57-66-60(63)54-51-48-45-42-39-36-24-21-18-15-12-9-6-3)68-62(65)56-53-50-47-44-41-38-34-28-26-23-20-17-14-11-8-5-2/h7,10,16,19-20,23,25,27-28,30-31,34,59H,4-6,8-9,11-15,17-18,21-22,24,26,29,32-33,35-58H2,1-3H3/b10-7-,19-16-,23-20-,27-25-,31-30-,34-28-. The van der Waals surface area contributed by atoms with Crippen LogP contribution in [0, 0.1) is 0 Å². The maximum Gasteiger partial charge on any atom is 0.306 e. The first-order chi connectivity index (χ1) is 33.5. The van der Waals surface area contributed by atoms with E-state index in [-0.39, 0.29) is 31.1 Å². The molecule has 6 nitrogen and oxygen atoms in total. The fourth-order valence-electron chi connectivity index (χ4n) is 8.11. The van der Waals surface area contributed by atoms with E-state index >= 15 is 0 Å². The highest BCUT2D eigenvalue weighted by molar-refractivity contribution is 5.71. The zero-order valence-corrected chi connectivity index (χ0v) is 44.9. The molecule has 392 valence electrons. The van der Waals surface area contributed by atoms with E-state index in [0.717, 1.165) is 116 Å². The van der Waals surface area contributed by atoms with Gasteiger partial charge in [0.2, 0.25) is 0 Å². The van der Waals surface area contributed by atoms with Crippen molar-refractivity contribution < 1.29 is 28.6 Å². The lowest BCUT2D eigenvalue weighted by Crippen LogP contribution is -2.30. The lowest BCUT2D eigenvalue weighted by atomic mass is 10.0. The van der Waals surface area contributed by atoms with Crippen LogP contribution in [0.2, 0.25) is 0 Å². The molecule has 0 aromatic heterocycles. The summed E-state index contributed by atoms with van der Waals surface area (Å²) in [6.07, 6.45) is 71.7. The minimum absolute atomic E-state index is 0.0813. The summed E-state index contributed by atoms with van der Waals surface area (Å²) in [4.78, 5) is 38.1. The minimum Gasteiger partial charge on any atom is -0.462 e.